The van der Waals surface area contributed by atoms with Crippen molar-refractivity contribution in [3.05, 3.63) is 54.1 Å². The number of aldehydes is 1. The number of nitrogens with two attached hydrogens (primary N) is 1. The third-order valence-corrected chi connectivity index (χ3v) is 2.75. The molecule has 0 fully saturated rings. The maximum absolute atomic E-state index is 10.5. The number of carbonyl (C=O) groups is 1. The Kier molecular flexibility index (Phi) is 3.55. The second-order valence-corrected chi connectivity index (χ2v) is 3.99. The van der Waals surface area contributed by atoms with Crippen molar-refractivity contribution in [2.24, 2.45) is 0 Å². The first kappa shape index (κ1) is 11.4. The molecular weight excluding hydrogens is 210 g/mol. The van der Waals surface area contributed by atoms with E-state index < -0.39 is 0 Å². The zero-order valence-corrected chi connectivity index (χ0v) is 9.60. The maximum atomic E-state index is 10.5. The highest BCUT2D eigenvalue weighted by molar-refractivity contribution is 5.71. The van der Waals surface area contributed by atoms with Crippen LogP contribution in [0.1, 0.15) is 12.0 Å². The van der Waals surface area contributed by atoms with E-state index in [1.54, 1.807) is 0 Å². The zero-order chi connectivity index (χ0) is 12.1. The topological polar surface area (TPSA) is 43.1 Å². The summed E-state index contributed by atoms with van der Waals surface area (Å²) in [5.74, 6) is 0. The molecule has 2 heteroatoms. The van der Waals surface area contributed by atoms with E-state index in [9.17, 15) is 4.79 Å². The van der Waals surface area contributed by atoms with Crippen LogP contribution >= 0.6 is 0 Å². The predicted molar refractivity (Wildman–Crippen MR) is 70.7 cm³/mol. The molecule has 0 aliphatic heterocycles. The Morgan fingerprint density at radius 1 is 1.06 bits per heavy atom. The van der Waals surface area contributed by atoms with Gasteiger partial charge in [0.15, 0.2) is 0 Å². The molecule has 0 unspecified atom stereocenters. The molecule has 2 aromatic rings. The second-order valence-electron chi connectivity index (χ2n) is 3.99. The van der Waals surface area contributed by atoms with E-state index in [1.165, 1.54) is 0 Å². The van der Waals surface area contributed by atoms with Gasteiger partial charge >= 0.3 is 0 Å². The average molecular weight is 225 g/mol. The minimum Gasteiger partial charge on any atom is -0.399 e. The van der Waals surface area contributed by atoms with Crippen LogP contribution in [-0.4, -0.2) is 6.29 Å². The van der Waals surface area contributed by atoms with Crippen LogP contribution in [0.3, 0.4) is 0 Å². The summed E-state index contributed by atoms with van der Waals surface area (Å²) in [5.41, 5.74) is 9.99. The third kappa shape index (κ3) is 2.72. The van der Waals surface area contributed by atoms with Crippen molar-refractivity contribution in [1.82, 2.24) is 0 Å². The van der Waals surface area contributed by atoms with E-state index >= 15 is 0 Å². The van der Waals surface area contributed by atoms with Gasteiger partial charge in [0.25, 0.3) is 0 Å². The summed E-state index contributed by atoms with van der Waals surface area (Å²) < 4.78 is 0. The van der Waals surface area contributed by atoms with E-state index in [1.807, 2.05) is 36.4 Å². The van der Waals surface area contributed by atoms with Gasteiger partial charge in [-0.3, -0.25) is 0 Å². The quantitative estimate of drug-likeness (QED) is 0.642. The van der Waals surface area contributed by atoms with Gasteiger partial charge in [0.05, 0.1) is 0 Å². The average Bonchev–Trinajstić information content (AvgIpc) is 2.38. The first-order valence-electron chi connectivity index (χ1n) is 5.68. The highest BCUT2D eigenvalue weighted by Crippen LogP contribution is 2.26. The molecule has 2 nitrogen and oxygen atoms in total. The summed E-state index contributed by atoms with van der Waals surface area (Å²) in [7, 11) is 0. The molecule has 17 heavy (non-hydrogen) atoms. The molecule has 0 bridgehead atoms. The van der Waals surface area contributed by atoms with Crippen molar-refractivity contribution in [2.75, 3.05) is 5.73 Å². The first-order chi connectivity index (χ1) is 8.31. The van der Waals surface area contributed by atoms with Crippen molar-refractivity contribution in [1.29, 1.82) is 0 Å². The van der Waals surface area contributed by atoms with Crippen molar-refractivity contribution < 1.29 is 4.79 Å². The standard InChI is InChI=1S/C15H15NO/c16-14-9-8-13(7-4-10-17)15(11-14)12-5-2-1-3-6-12/h1-3,5-6,8-11H,4,7,16H2. The van der Waals surface area contributed by atoms with Gasteiger partial charge in [-0.05, 0) is 35.2 Å². The molecule has 2 rings (SSSR count). The number of nitrogen functional groups attached to an aromatic ring is 1. The third-order valence-electron chi connectivity index (χ3n) is 2.75. The summed E-state index contributed by atoms with van der Waals surface area (Å²) in [6.45, 7) is 0. The second kappa shape index (κ2) is 5.30. The van der Waals surface area contributed by atoms with Gasteiger partial charge in [-0.15, -0.1) is 0 Å². The molecule has 0 aromatic heterocycles. The summed E-state index contributed by atoms with van der Waals surface area (Å²) in [5, 5.41) is 0. The minimum atomic E-state index is 0.545. The molecule has 0 aliphatic rings. The minimum absolute atomic E-state index is 0.545. The van der Waals surface area contributed by atoms with Crippen molar-refractivity contribution in [3.8, 4) is 11.1 Å². The van der Waals surface area contributed by atoms with Gasteiger partial charge in [-0.1, -0.05) is 36.4 Å². The number of aryl methyl sites for hydroxylation is 1. The Morgan fingerprint density at radius 3 is 2.53 bits per heavy atom. The van der Waals surface area contributed by atoms with Crippen LogP contribution in [0.15, 0.2) is 48.5 Å². The zero-order valence-electron chi connectivity index (χ0n) is 9.60. The molecule has 0 aliphatic carbocycles. The van der Waals surface area contributed by atoms with Crippen molar-refractivity contribution in [3.63, 3.8) is 0 Å². The fraction of sp³-hybridized carbons (Fsp3) is 0.133. The number of anilines is 1. The lowest BCUT2D eigenvalue weighted by Crippen LogP contribution is -1.94. The molecule has 0 heterocycles. The normalized spacial score (nSPS) is 10.1. The Labute approximate surface area is 101 Å². The SMILES string of the molecule is Nc1ccc(CCC=O)c(-c2ccccc2)c1. The van der Waals surface area contributed by atoms with Gasteiger partial charge in [-0.2, -0.15) is 0 Å². The Hall–Kier alpha value is -2.09. The summed E-state index contributed by atoms with van der Waals surface area (Å²) >= 11 is 0. The van der Waals surface area contributed by atoms with Crippen molar-refractivity contribution in [2.45, 2.75) is 12.8 Å². The predicted octanol–water partition coefficient (Wildman–Crippen LogP) is 3.07. The Bertz CT molecular complexity index is 506. The van der Waals surface area contributed by atoms with E-state index in [0.29, 0.717) is 6.42 Å². The molecule has 0 saturated carbocycles. The lowest BCUT2D eigenvalue weighted by atomic mass is 9.96. The van der Waals surface area contributed by atoms with Crippen LogP contribution in [0.2, 0.25) is 0 Å². The Morgan fingerprint density at radius 2 is 1.82 bits per heavy atom. The number of hydrogen-bond donors (Lipinski definition) is 1. The van der Waals surface area contributed by atoms with Gasteiger partial charge in [0.2, 0.25) is 0 Å². The highest BCUT2D eigenvalue weighted by atomic mass is 16.1. The van der Waals surface area contributed by atoms with Gasteiger partial charge in [-0.25, -0.2) is 0 Å². The molecular formula is C15H15NO. The van der Waals surface area contributed by atoms with Crippen LogP contribution in [0.25, 0.3) is 11.1 Å². The first-order valence-corrected chi connectivity index (χ1v) is 5.68. The smallest absolute Gasteiger partial charge is 0.120 e. The van der Waals surface area contributed by atoms with Crippen LogP contribution in [0, 0.1) is 0 Å². The summed E-state index contributed by atoms with van der Waals surface area (Å²) in [6, 6.07) is 16.0. The van der Waals surface area contributed by atoms with E-state index in [0.717, 1.165) is 35.1 Å². The molecule has 0 radical (unpaired) electrons. The number of hydrogen-bond acceptors (Lipinski definition) is 2. The van der Waals surface area contributed by atoms with Crippen LogP contribution in [0.5, 0.6) is 0 Å². The van der Waals surface area contributed by atoms with Crippen LogP contribution in [0.4, 0.5) is 5.69 Å². The fourth-order valence-electron chi connectivity index (χ4n) is 1.91. The van der Waals surface area contributed by atoms with E-state index in [4.69, 9.17) is 5.73 Å². The van der Waals surface area contributed by atoms with Crippen LogP contribution < -0.4 is 5.73 Å². The fourth-order valence-corrected chi connectivity index (χ4v) is 1.91. The summed E-state index contributed by atoms with van der Waals surface area (Å²) in [4.78, 5) is 10.5. The van der Waals surface area contributed by atoms with Crippen LogP contribution in [-0.2, 0) is 11.2 Å². The number of carbonyl (C=O) groups excluding carboxylic acids is 1. The monoisotopic (exact) mass is 225 g/mol. The molecule has 86 valence electrons. The Balaban J connectivity index is 2.43. The van der Waals surface area contributed by atoms with E-state index in [2.05, 4.69) is 12.1 Å². The lowest BCUT2D eigenvalue weighted by molar-refractivity contribution is -0.107. The van der Waals surface area contributed by atoms with E-state index in [-0.39, 0.29) is 0 Å². The van der Waals surface area contributed by atoms with Gasteiger partial charge in [0, 0.05) is 12.1 Å². The number of rotatable bonds is 4. The summed E-state index contributed by atoms with van der Waals surface area (Å²) in [6.07, 6.45) is 2.25. The molecule has 0 atom stereocenters. The van der Waals surface area contributed by atoms with Gasteiger partial charge < -0.3 is 10.5 Å². The molecule has 2 N–H and O–H groups in total. The lowest BCUT2D eigenvalue weighted by Gasteiger charge is -2.09. The maximum Gasteiger partial charge on any atom is 0.120 e. The molecule has 0 amide bonds. The molecule has 0 spiro atoms. The molecule has 0 saturated heterocycles. The van der Waals surface area contributed by atoms with Gasteiger partial charge in [0.1, 0.15) is 6.29 Å². The number of benzene rings is 2. The van der Waals surface area contributed by atoms with Crippen molar-refractivity contribution >= 4 is 12.0 Å². The largest absolute Gasteiger partial charge is 0.399 e. The molecule has 2 aromatic carbocycles. The highest BCUT2D eigenvalue weighted by Gasteiger charge is 2.05.